The van der Waals surface area contributed by atoms with Crippen LogP contribution in [-0.2, 0) is 58.4 Å². The van der Waals surface area contributed by atoms with Crippen molar-refractivity contribution in [2.24, 2.45) is 14.1 Å². The lowest BCUT2D eigenvalue weighted by atomic mass is 10.3. The molecule has 0 atom stereocenters. The molecule has 0 aliphatic heterocycles. The summed E-state index contributed by atoms with van der Waals surface area (Å²) in [4.78, 5) is 10.5. The first-order valence-electron chi connectivity index (χ1n) is 15.5. The zero-order valence-corrected chi connectivity index (χ0v) is 29.5. The molecule has 0 aliphatic rings. The van der Waals surface area contributed by atoms with Crippen molar-refractivity contribution in [3.8, 4) is 0 Å². The first-order chi connectivity index (χ1) is 23.4. The van der Waals surface area contributed by atoms with Crippen LogP contribution in [0.15, 0.2) is 55.9 Å². The summed E-state index contributed by atoms with van der Waals surface area (Å²) < 4.78 is 20.2. The van der Waals surface area contributed by atoms with Gasteiger partial charge in [-0.3, -0.25) is 4.90 Å². The Morgan fingerprint density at radius 3 is 1.77 bits per heavy atom. The van der Waals surface area contributed by atoms with E-state index in [9.17, 15) is 0 Å². The van der Waals surface area contributed by atoms with Crippen molar-refractivity contribution in [1.29, 1.82) is 0 Å². The highest BCUT2D eigenvalue weighted by atomic mass is 32.2. The van der Waals surface area contributed by atoms with Crippen molar-refractivity contribution in [1.82, 2.24) is 39.7 Å². The molecule has 0 saturated carbocycles. The molecule has 262 valence electrons. The highest BCUT2D eigenvalue weighted by Gasteiger charge is 2.09. The van der Waals surface area contributed by atoms with Gasteiger partial charge in [-0.1, -0.05) is 0 Å². The fraction of sp³-hybridized carbons (Fsp3) is 0.484. The van der Waals surface area contributed by atoms with Crippen molar-refractivity contribution < 1.29 is 23.5 Å². The predicted octanol–water partition coefficient (Wildman–Crippen LogP) is 3.44. The Bertz CT molecular complexity index is 1600. The smallest absolute Gasteiger partial charge is 0.221 e. The van der Waals surface area contributed by atoms with Crippen molar-refractivity contribution in [3.05, 3.63) is 83.1 Å². The van der Waals surface area contributed by atoms with E-state index in [2.05, 4.69) is 41.0 Å². The van der Waals surface area contributed by atoms with Crippen molar-refractivity contribution in [3.63, 3.8) is 0 Å². The highest BCUT2D eigenvalue weighted by molar-refractivity contribution is 7.98. The van der Waals surface area contributed by atoms with Gasteiger partial charge in [0.05, 0.1) is 37.4 Å². The van der Waals surface area contributed by atoms with Gasteiger partial charge in [-0.2, -0.15) is 43.7 Å². The van der Waals surface area contributed by atoms with Crippen LogP contribution in [0.3, 0.4) is 0 Å². The molecular formula is C31H46N10O5S2. The predicted molar refractivity (Wildman–Crippen MR) is 187 cm³/mol. The quantitative estimate of drug-likeness (QED) is 0.0744. The Morgan fingerprint density at radius 2 is 1.27 bits per heavy atom. The van der Waals surface area contributed by atoms with Gasteiger partial charge in [0.2, 0.25) is 11.9 Å². The van der Waals surface area contributed by atoms with Crippen LogP contribution in [-0.4, -0.2) is 83.3 Å². The Kier molecular flexibility index (Phi) is 15.4. The fourth-order valence-corrected chi connectivity index (χ4v) is 5.97. The Morgan fingerprint density at radius 1 is 0.750 bits per heavy atom. The number of furan rings is 3. The summed E-state index contributed by atoms with van der Waals surface area (Å²) in [7, 11) is 7.54. The third kappa shape index (κ3) is 12.4. The molecule has 5 rings (SSSR count). The molecule has 15 nitrogen and oxygen atoms in total. The normalized spacial score (nSPS) is 11.2. The lowest BCUT2D eigenvalue weighted by Gasteiger charge is -2.12. The summed E-state index contributed by atoms with van der Waals surface area (Å²) in [5.41, 5.74) is 0. The molecular weight excluding hydrogens is 657 g/mol. The Hall–Kier alpha value is -3.74. The second-order valence-electron chi connectivity index (χ2n) is 10.7. The number of thioether (sulfide) groups is 2. The van der Waals surface area contributed by atoms with Gasteiger partial charge in [-0.15, -0.1) is 0 Å². The topological polar surface area (TPSA) is 181 Å². The third-order valence-electron chi connectivity index (χ3n) is 6.66. The standard InChI is InChI=1S/C18H25N5O3S.C13H21N5O2S/c1-22(10-14-4-3-8-25-14)11-15-5-6-16(26-15)13-27-9-7-19-18-20-17(12-24)21-23(18)2;1-14-7-10-3-4-11(20-10)9-21-6-5-15-13-16-12(8-19)17-18(13)2/h3-6,8,24H,7,9-13H2,1-2H3,(H,19,20,21);3-4,14,19H,5-9H2,1-2H3,(H,15,16,17). The van der Waals surface area contributed by atoms with Crippen LogP contribution in [0, 0.1) is 0 Å². The van der Waals surface area contributed by atoms with Crippen molar-refractivity contribution in [2.45, 2.75) is 44.4 Å². The molecule has 0 amide bonds. The van der Waals surface area contributed by atoms with Gasteiger partial charge in [0.25, 0.3) is 0 Å². The van der Waals surface area contributed by atoms with E-state index in [-0.39, 0.29) is 13.2 Å². The average Bonchev–Trinajstić information content (AvgIpc) is 3.92. The summed E-state index contributed by atoms with van der Waals surface area (Å²) in [5.74, 6) is 10.5. The van der Waals surface area contributed by atoms with Crippen molar-refractivity contribution in [2.75, 3.05) is 49.3 Å². The molecule has 5 N–H and O–H groups in total. The van der Waals surface area contributed by atoms with Crippen LogP contribution in [0.25, 0.3) is 0 Å². The number of aliphatic hydroxyl groups is 2. The van der Waals surface area contributed by atoms with E-state index in [0.29, 0.717) is 23.5 Å². The second kappa shape index (κ2) is 19.9. The minimum absolute atomic E-state index is 0.141. The van der Waals surface area contributed by atoms with Gasteiger partial charge in [0.15, 0.2) is 11.6 Å². The zero-order valence-electron chi connectivity index (χ0n) is 27.9. The molecule has 5 aromatic rings. The number of nitrogens with one attached hydrogen (secondary N) is 3. The van der Waals surface area contributed by atoms with E-state index in [0.717, 1.165) is 84.5 Å². The van der Waals surface area contributed by atoms with E-state index in [1.807, 2.05) is 50.5 Å². The molecule has 5 heterocycles. The van der Waals surface area contributed by atoms with E-state index in [1.165, 1.54) is 0 Å². The van der Waals surface area contributed by atoms with E-state index >= 15 is 0 Å². The maximum atomic E-state index is 9.04. The van der Waals surface area contributed by atoms with Crippen LogP contribution in [0.2, 0.25) is 0 Å². The number of hydrogen-bond donors (Lipinski definition) is 5. The lowest BCUT2D eigenvalue weighted by molar-refractivity contribution is 0.262. The summed E-state index contributed by atoms with van der Waals surface area (Å²) in [6, 6.07) is 12.0. The number of hydrogen-bond acceptors (Lipinski definition) is 15. The highest BCUT2D eigenvalue weighted by Crippen LogP contribution is 2.18. The molecule has 17 heteroatoms. The second-order valence-corrected chi connectivity index (χ2v) is 13.0. The van der Waals surface area contributed by atoms with E-state index in [1.54, 1.807) is 53.2 Å². The third-order valence-corrected chi connectivity index (χ3v) is 8.62. The number of rotatable bonds is 20. The van der Waals surface area contributed by atoms with Gasteiger partial charge >= 0.3 is 0 Å². The largest absolute Gasteiger partial charge is 0.468 e. The minimum Gasteiger partial charge on any atom is -0.468 e. The number of anilines is 2. The molecule has 0 spiro atoms. The number of nitrogens with zero attached hydrogens (tertiary/aromatic N) is 7. The molecule has 0 unspecified atom stereocenters. The number of aliphatic hydroxyl groups excluding tert-OH is 2. The van der Waals surface area contributed by atoms with Gasteiger partial charge in [0.1, 0.15) is 42.0 Å². The van der Waals surface area contributed by atoms with Crippen LogP contribution in [0.1, 0.15) is 40.5 Å². The molecule has 0 bridgehead atoms. The first-order valence-corrected chi connectivity index (χ1v) is 17.8. The minimum atomic E-state index is -0.151. The van der Waals surface area contributed by atoms with E-state index < -0.39 is 0 Å². The molecule has 0 aromatic carbocycles. The molecule has 0 fully saturated rings. The zero-order chi connectivity index (χ0) is 34.1. The fourth-order valence-electron chi connectivity index (χ4n) is 4.48. The number of aromatic nitrogens is 6. The maximum Gasteiger partial charge on any atom is 0.221 e. The van der Waals surface area contributed by atoms with Crippen LogP contribution in [0.5, 0.6) is 0 Å². The number of aryl methyl sites for hydroxylation is 2. The molecule has 0 aliphatic carbocycles. The van der Waals surface area contributed by atoms with Crippen molar-refractivity contribution >= 4 is 35.4 Å². The monoisotopic (exact) mass is 702 g/mol. The van der Waals surface area contributed by atoms with Gasteiger partial charge in [-0.25, -0.2) is 9.36 Å². The van der Waals surface area contributed by atoms with Crippen LogP contribution >= 0.6 is 23.5 Å². The SMILES string of the molecule is CN(Cc1ccco1)Cc1ccc(CSCCNc2nc(CO)nn2C)o1.CNCc1ccc(CSCCNc2nc(CO)nn2C)o1. The maximum absolute atomic E-state index is 9.04. The summed E-state index contributed by atoms with van der Waals surface area (Å²) >= 11 is 3.58. The Balaban J connectivity index is 0.000000224. The van der Waals surface area contributed by atoms with E-state index in [4.69, 9.17) is 23.5 Å². The molecule has 48 heavy (non-hydrogen) atoms. The molecule has 5 aromatic heterocycles. The van der Waals surface area contributed by atoms with Gasteiger partial charge < -0.3 is 39.4 Å². The molecule has 0 radical (unpaired) electrons. The summed E-state index contributed by atoms with van der Waals surface area (Å²) in [6.07, 6.45) is 1.69. The Labute approximate surface area is 288 Å². The summed E-state index contributed by atoms with van der Waals surface area (Å²) in [6.45, 7) is 3.51. The van der Waals surface area contributed by atoms with Gasteiger partial charge in [0, 0.05) is 38.7 Å². The van der Waals surface area contributed by atoms with Crippen LogP contribution in [0.4, 0.5) is 11.9 Å². The summed E-state index contributed by atoms with van der Waals surface area (Å²) in [5, 5.41) is 35.6. The van der Waals surface area contributed by atoms with Gasteiger partial charge in [-0.05, 0) is 50.5 Å². The molecule has 0 saturated heterocycles. The average molecular weight is 703 g/mol. The first kappa shape index (κ1) is 37.1. The lowest BCUT2D eigenvalue weighted by Crippen LogP contribution is -2.16. The van der Waals surface area contributed by atoms with Crippen LogP contribution < -0.4 is 16.0 Å².